The molecule has 5 aromatic rings. The van der Waals surface area contributed by atoms with Crippen LogP contribution in [0.15, 0.2) is 54.6 Å². The van der Waals surface area contributed by atoms with Crippen LogP contribution >= 0.6 is 0 Å². The smallest absolute Gasteiger partial charge is 0.340 e. The van der Waals surface area contributed by atoms with Crippen LogP contribution in [0.1, 0.15) is 68.2 Å². The van der Waals surface area contributed by atoms with Crippen molar-refractivity contribution in [3.63, 3.8) is 0 Å². The standard InChI is InChI=1S/C38H39F2N3O4/c1-8-45-37(44)35(47-38(5,6)7)31-23(4)41-36-22(3)32(26-14-9-12-24(18-26)25-13-10-15-27(39)19-25)42-43(36)33(31)29-20-30(40)34-28(21(29)2)16-11-17-46-34/h9-10,12-15,18-20,35H,8,11,16-17H2,1-7H3/t35-/m0/s1. The summed E-state index contributed by atoms with van der Waals surface area (Å²) in [6.45, 7) is 13.6. The highest BCUT2D eigenvalue weighted by molar-refractivity contribution is 5.84. The lowest BCUT2D eigenvalue weighted by Gasteiger charge is -2.29. The summed E-state index contributed by atoms with van der Waals surface area (Å²) in [7, 11) is 0. The quantitative estimate of drug-likeness (QED) is 0.166. The minimum absolute atomic E-state index is 0.156. The van der Waals surface area contributed by atoms with Gasteiger partial charge in [-0.05, 0) is 102 Å². The number of halogens is 2. The van der Waals surface area contributed by atoms with Crippen LogP contribution in [0.5, 0.6) is 5.75 Å². The van der Waals surface area contributed by atoms with Gasteiger partial charge in [-0.1, -0.05) is 30.3 Å². The van der Waals surface area contributed by atoms with Crippen LogP contribution in [0.3, 0.4) is 0 Å². The minimum Gasteiger partial charge on any atom is -0.490 e. The third kappa shape index (κ3) is 6.12. The second-order valence-corrected chi connectivity index (χ2v) is 12.9. The minimum atomic E-state index is -1.17. The van der Waals surface area contributed by atoms with Gasteiger partial charge in [0, 0.05) is 33.5 Å². The summed E-state index contributed by atoms with van der Waals surface area (Å²) < 4.78 is 49.3. The van der Waals surface area contributed by atoms with Crippen molar-refractivity contribution >= 4 is 11.6 Å². The Hall–Kier alpha value is -4.63. The zero-order valence-electron chi connectivity index (χ0n) is 27.8. The first-order valence-corrected chi connectivity index (χ1v) is 15.9. The molecule has 0 fully saturated rings. The highest BCUT2D eigenvalue weighted by Crippen LogP contribution is 2.43. The van der Waals surface area contributed by atoms with Gasteiger partial charge in [-0.15, -0.1) is 0 Å². The predicted molar refractivity (Wildman–Crippen MR) is 177 cm³/mol. The highest BCUT2D eigenvalue weighted by Gasteiger charge is 2.36. The molecule has 1 atom stereocenters. The van der Waals surface area contributed by atoms with Gasteiger partial charge in [-0.2, -0.15) is 5.10 Å². The Morgan fingerprint density at radius 3 is 2.40 bits per heavy atom. The summed E-state index contributed by atoms with van der Waals surface area (Å²) in [5.41, 5.74) is 7.30. The van der Waals surface area contributed by atoms with Gasteiger partial charge in [-0.25, -0.2) is 23.1 Å². The molecule has 0 unspecified atom stereocenters. The van der Waals surface area contributed by atoms with Crippen LogP contribution in [-0.4, -0.2) is 39.4 Å². The molecule has 244 valence electrons. The number of carbonyl (C=O) groups excluding carboxylic acids is 1. The number of benzene rings is 3. The summed E-state index contributed by atoms with van der Waals surface area (Å²) in [5.74, 6) is -1.11. The van der Waals surface area contributed by atoms with E-state index in [2.05, 4.69) is 0 Å². The summed E-state index contributed by atoms with van der Waals surface area (Å²) in [5, 5.41) is 5.10. The van der Waals surface area contributed by atoms with E-state index in [0.29, 0.717) is 46.9 Å². The van der Waals surface area contributed by atoms with Crippen LogP contribution < -0.4 is 4.74 Å². The molecule has 47 heavy (non-hydrogen) atoms. The van der Waals surface area contributed by atoms with Crippen molar-refractivity contribution in [3.05, 3.63) is 94.2 Å². The van der Waals surface area contributed by atoms with E-state index in [1.54, 1.807) is 17.5 Å². The van der Waals surface area contributed by atoms with Crippen molar-refractivity contribution in [2.45, 2.75) is 73.0 Å². The molecule has 0 aliphatic carbocycles. The maximum absolute atomic E-state index is 15.8. The van der Waals surface area contributed by atoms with E-state index in [4.69, 9.17) is 24.3 Å². The number of fused-ring (bicyclic) bond motifs is 2. The molecule has 1 aliphatic heterocycles. The summed E-state index contributed by atoms with van der Waals surface area (Å²) in [6, 6.07) is 15.6. The van der Waals surface area contributed by atoms with Crippen molar-refractivity contribution in [1.82, 2.24) is 14.6 Å². The molecule has 7 nitrogen and oxygen atoms in total. The molecule has 0 N–H and O–H groups in total. The van der Waals surface area contributed by atoms with Crippen LogP contribution in [0, 0.1) is 32.4 Å². The second kappa shape index (κ2) is 12.5. The van der Waals surface area contributed by atoms with Crippen molar-refractivity contribution in [1.29, 1.82) is 0 Å². The lowest BCUT2D eigenvalue weighted by atomic mass is 9.90. The van der Waals surface area contributed by atoms with Crippen LogP contribution in [0.2, 0.25) is 0 Å². The van der Waals surface area contributed by atoms with Crippen molar-refractivity contribution in [2.75, 3.05) is 13.2 Å². The van der Waals surface area contributed by atoms with Crippen LogP contribution in [-0.2, 0) is 20.7 Å². The second-order valence-electron chi connectivity index (χ2n) is 12.9. The first-order valence-electron chi connectivity index (χ1n) is 15.9. The van der Waals surface area contributed by atoms with Crippen molar-refractivity contribution < 1.29 is 27.8 Å². The van der Waals surface area contributed by atoms with E-state index in [9.17, 15) is 9.18 Å². The van der Waals surface area contributed by atoms with Gasteiger partial charge in [0.2, 0.25) is 0 Å². The first kappa shape index (κ1) is 32.3. The number of aromatic nitrogens is 3. The Bertz CT molecular complexity index is 2010. The van der Waals surface area contributed by atoms with Crippen LogP contribution in [0.4, 0.5) is 8.78 Å². The fraction of sp³-hybridized carbons (Fsp3) is 0.342. The lowest BCUT2D eigenvalue weighted by Crippen LogP contribution is -2.30. The fourth-order valence-electron chi connectivity index (χ4n) is 6.34. The number of esters is 1. The van der Waals surface area contributed by atoms with Gasteiger partial charge in [0.1, 0.15) is 5.82 Å². The van der Waals surface area contributed by atoms with Gasteiger partial charge in [0.15, 0.2) is 23.3 Å². The zero-order chi connectivity index (χ0) is 33.6. The zero-order valence-corrected chi connectivity index (χ0v) is 27.8. The Labute approximate surface area is 273 Å². The van der Waals surface area contributed by atoms with E-state index in [-0.39, 0.29) is 18.2 Å². The third-order valence-electron chi connectivity index (χ3n) is 8.44. The number of rotatable bonds is 7. The van der Waals surface area contributed by atoms with E-state index >= 15 is 4.39 Å². The average Bonchev–Trinajstić information content (AvgIpc) is 3.36. The van der Waals surface area contributed by atoms with Gasteiger partial charge in [0.25, 0.3) is 0 Å². The number of hydrogen-bond donors (Lipinski definition) is 0. The molecule has 6 rings (SSSR count). The number of aryl methyl sites for hydroxylation is 2. The molecule has 9 heteroatoms. The Balaban J connectivity index is 1.66. The summed E-state index contributed by atoms with van der Waals surface area (Å²) in [4.78, 5) is 18.6. The molecule has 1 aliphatic rings. The molecular formula is C38H39F2N3O4. The molecule has 3 aromatic carbocycles. The van der Waals surface area contributed by atoms with Gasteiger partial charge >= 0.3 is 5.97 Å². The SMILES string of the molecule is CCOC(=O)[C@@H](OC(C)(C)C)c1c(C)nc2c(C)c(-c3cccc(-c4cccc(F)c4)c3)nn2c1-c1cc(F)c2c(c1C)CCCO2. The molecule has 0 spiro atoms. The normalized spacial score (nSPS) is 13.7. The van der Waals surface area contributed by atoms with Gasteiger partial charge in [0.05, 0.1) is 30.2 Å². The van der Waals surface area contributed by atoms with Gasteiger partial charge in [-0.3, -0.25) is 0 Å². The number of nitrogens with zero attached hydrogens (tertiary/aromatic N) is 3. The average molecular weight is 640 g/mol. The predicted octanol–water partition coefficient (Wildman–Crippen LogP) is 8.68. The van der Waals surface area contributed by atoms with E-state index in [0.717, 1.165) is 39.8 Å². The van der Waals surface area contributed by atoms with E-state index in [1.165, 1.54) is 18.2 Å². The Morgan fingerprint density at radius 2 is 1.70 bits per heavy atom. The number of ether oxygens (including phenoxy) is 3. The highest BCUT2D eigenvalue weighted by atomic mass is 19.1. The summed E-state index contributed by atoms with van der Waals surface area (Å²) in [6.07, 6.45) is 0.255. The number of hydrogen-bond acceptors (Lipinski definition) is 6. The summed E-state index contributed by atoms with van der Waals surface area (Å²) >= 11 is 0. The van der Waals surface area contributed by atoms with Gasteiger partial charge < -0.3 is 14.2 Å². The lowest BCUT2D eigenvalue weighted by molar-refractivity contribution is -0.166. The fourth-order valence-corrected chi connectivity index (χ4v) is 6.34. The topological polar surface area (TPSA) is 75.0 Å². The van der Waals surface area contributed by atoms with Crippen molar-refractivity contribution in [3.8, 4) is 39.4 Å². The Morgan fingerprint density at radius 1 is 1.00 bits per heavy atom. The molecule has 0 amide bonds. The third-order valence-corrected chi connectivity index (χ3v) is 8.44. The molecule has 0 bridgehead atoms. The molecule has 2 aromatic heterocycles. The largest absolute Gasteiger partial charge is 0.490 e. The molecule has 0 radical (unpaired) electrons. The van der Waals surface area contributed by atoms with Crippen molar-refractivity contribution in [2.24, 2.45) is 0 Å². The molecular weight excluding hydrogens is 600 g/mol. The van der Waals surface area contributed by atoms with E-state index < -0.39 is 23.5 Å². The van der Waals surface area contributed by atoms with E-state index in [1.807, 2.05) is 71.9 Å². The van der Waals surface area contributed by atoms with Crippen LogP contribution in [0.25, 0.3) is 39.3 Å². The molecule has 3 heterocycles. The maximum atomic E-state index is 15.8. The molecule has 0 saturated carbocycles. The first-order chi connectivity index (χ1) is 22.4. The number of carbonyl (C=O) groups is 1. The maximum Gasteiger partial charge on any atom is 0.340 e. The Kier molecular flexibility index (Phi) is 8.61. The molecule has 0 saturated heterocycles. The monoisotopic (exact) mass is 639 g/mol.